The summed E-state index contributed by atoms with van der Waals surface area (Å²) in [5, 5.41) is 12.0. The molecule has 6 nitrogen and oxygen atoms in total. The third-order valence-corrected chi connectivity index (χ3v) is 5.61. The number of carbonyl (C=O) groups is 2. The molecule has 160 valence electrons. The van der Waals surface area contributed by atoms with Crippen LogP contribution in [0.15, 0.2) is 54.6 Å². The van der Waals surface area contributed by atoms with Crippen LogP contribution in [0.4, 0.5) is 0 Å². The van der Waals surface area contributed by atoms with Crippen LogP contribution in [0.5, 0.6) is 5.75 Å². The molecule has 0 heterocycles. The van der Waals surface area contributed by atoms with Crippen molar-refractivity contribution in [3.05, 3.63) is 65.7 Å². The molecular weight excluding hydrogens is 382 g/mol. The van der Waals surface area contributed by atoms with Gasteiger partial charge in [0.05, 0.1) is 25.2 Å². The lowest BCUT2D eigenvalue weighted by atomic mass is 9.85. The number of methoxy groups -OCH3 is 1. The summed E-state index contributed by atoms with van der Waals surface area (Å²) >= 11 is 0. The number of hydrogen-bond acceptors (Lipinski definition) is 5. The highest BCUT2D eigenvalue weighted by Crippen LogP contribution is 2.50. The predicted octanol–water partition coefficient (Wildman–Crippen LogP) is 2.99. The molecular formula is C24H29NO5. The minimum absolute atomic E-state index is 0.196. The van der Waals surface area contributed by atoms with Gasteiger partial charge in [0.1, 0.15) is 12.4 Å². The van der Waals surface area contributed by atoms with E-state index in [4.69, 9.17) is 14.6 Å². The molecule has 0 bridgehead atoms. The normalized spacial score (nSPS) is 15.4. The van der Waals surface area contributed by atoms with Crippen molar-refractivity contribution in [2.75, 3.05) is 26.9 Å². The number of ether oxygens (including phenoxy) is 2. The van der Waals surface area contributed by atoms with Gasteiger partial charge in [-0.05, 0) is 48.9 Å². The minimum Gasteiger partial charge on any atom is -0.497 e. The average Bonchev–Trinajstić information content (AvgIpc) is 3.58. The molecule has 6 heteroatoms. The van der Waals surface area contributed by atoms with Crippen molar-refractivity contribution < 1.29 is 24.2 Å². The van der Waals surface area contributed by atoms with E-state index in [-0.39, 0.29) is 25.0 Å². The Hall–Kier alpha value is -2.70. The number of rotatable bonds is 13. The predicted molar refractivity (Wildman–Crippen MR) is 114 cm³/mol. The van der Waals surface area contributed by atoms with E-state index in [1.165, 1.54) is 5.56 Å². The fourth-order valence-corrected chi connectivity index (χ4v) is 3.79. The van der Waals surface area contributed by atoms with Gasteiger partial charge in [-0.15, -0.1) is 0 Å². The van der Waals surface area contributed by atoms with Crippen LogP contribution in [0.3, 0.4) is 0 Å². The Morgan fingerprint density at radius 2 is 1.80 bits per heavy atom. The lowest BCUT2D eigenvalue weighted by molar-refractivity contribution is -0.142. The summed E-state index contributed by atoms with van der Waals surface area (Å²) in [5.41, 5.74) is 1.78. The summed E-state index contributed by atoms with van der Waals surface area (Å²) in [6.45, 7) is 0.341. The number of carboxylic acids is 1. The third kappa shape index (κ3) is 5.68. The molecule has 1 unspecified atom stereocenters. The second kappa shape index (κ2) is 10.4. The highest BCUT2D eigenvalue weighted by Gasteiger charge is 2.52. The second-order valence-corrected chi connectivity index (χ2v) is 7.65. The Morgan fingerprint density at radius 1 is 1.10 bits per heavy atom. The molecule has 3 rings (SSSR count). The lowest BCUT2D eigenvalue weighted by Gasteiger charge is -2.24. The van der Waals surface area contributed by atoms with Crippen LogP contribution in [0.25, 0.3) is 0 Å². The van der Waals surface area contributed by atoms with Crippen molar-refractivity contribution in [3.63, 3.8) is 0 Å². The fraction of sp³-hybridized carbons (Fsp3) is 0.417. The SMILES string of the molecule is COc1ccc(C2(C(=O)C(CCc3ccccc3)NCCOCC(=O)O)CC2)cc1. The smallest absolute Gasteiger partial charge is 0.329 e. The van der Waals surface area contributed by atoms with Gasteiger partial charge >= 0.3 is 5.97 Å². The first-order chi connectivity index (χ1) is 14.5. The van der Waals surface area contributed by atoms with Gasteiger partial charge in [0.15, 0.2) is 5.78 Å². The molecule has 1 aliphatic rings. The van der Waals surface area contributed by atoms with Crippen molar-refractivity contribution in [1.82, 2.24) is 5.32 Å². The molecule has 30 heavy (non-hydrogen) atoms. The van der Waals surface area contributed by atoms with Crippen molar-refractivity contribution in [2.45, 2.75) is 37.1 Å². The second-order valence-electron chi connectivity index (χ2n) is 7.65. The molecule has 2 aromatic rings. The molecule has 0 amide bonds. The number of nitrogens with one attached hydrogen (secondary N) is 1. The fourth-order valence-electron chi connectivity index (χ4n) is 3.79. The zero-order chi connectivity index (χ0) is 21.4. The number of hydrogen-bond donors (Lipinski definition) is 2. The highest BCUT2D eigenvalue weighted by atomic mass is 16.5. The average molecular weight is 411 g/mol. The quantitative estimate of drug-likeness (QED) is 0.493. The summed E-state index contributed by atoms with van der Waals surface area (Å²) < 4.78 is 10.3. The van der Waals surface area contributed by atoms with E-state index in [0.717, 1.165) is 30.6 Å². The number of Topliss-reactive ketones (excluding diaryl/α,β-unsaturated/α-hetero) is 1. The van der Waals surface area contributed by atoms with E-state index in [1.807, 2.05) is 42.5 Å². The van der Waals surface area contributed by atoms with Crippen molar-refractivity contribution in [2.24, 2.45) is 0 Å². The van der Waals surface area contributed by atoms with Gasteiger partial charge in [-0.3, -0.25) is 4.79 Å². The Bertz CT molecular complexity index is 830. The highest BCUT2D eigenvalue weighted by molar-refractivity contribution is 5.97. The summed E-state index contributed by atoms with van der Waals surface area (Å²) in [4.78, 5) is 24.1. The van der Waals surface area contributed by atoms with E-state index in [2.05, 4.69) is 17.4 Å². The van der Waals surface area contributed by atoms with Gasteiger partial charge in [-0.2, -0.15) is 0 Å². The summed E-state index contributed by atoms with van der Waals surface area (Å²) in [6.07, 6.45) is 3.16. The van der Waals surface area contributed by atoms with Crippen molar-refractivity contribution in [1.29, 1.82) is 0 Å². The molecule has 2 N–H and O–H groups in total. The van der Waals surface area contributed by atoms with Crippen LogP contribution in [0, 0.1) is 0 Å². The van der Waals surface area contributed by atoms with Crippen LogP contribution in [-0.4, -0.2) is 49.8 Å². The molecule has 0 aliphatic heterocycles. The number of carboxylic acid groups (broad SMARTS) is 1. The summed E-state index contributed by atoms with van der Waals surface area (Å²) in [5.74, 6) is -0.0266. The molecule has 1 atom stereocenters. The molecule has 1 fully saturated rings. The van der Waals surface area contributed by atoms with Crippen molar-refractivity contribution >= 4 is 11.8 Å². The molecule has 0 saturated heterocycles. The van der Waals surface area contributed by atoms with E-state index >= 15 is 0 Å². The molecule has 2 aromatic carbocycles. The Morgan fingerprint density at radius 3 is 2.40 bits per heavy atom. The maximum Gasteiger partial charge on any atom is 0.329 e. The lowest BCUT2D eigenvalue weighted by Crippen LogP contribution is -2.44. The third-order valence-electron chi connectivity index (χ3n) is 5.61. The van der Waals surface area contributed by atoms with E-state index < -0.39 is 11.4 Å². The van der Waals surface area contributed by atoms with Gasteiger partial charge in [0, 0.05) is 6.54 Å². The van der Waals surface area contributed by atoms with Crippen LogP contribution in [0.2, 0.25) is 0 Å². The van der Waals surface area contributed by atoms with E-state index in [1.54, 1.807) is 7.11 Å². The van der Waals surface area contributed by atoms with Crippen LogP contribution in [-0.2, 0) is 26.2 Å². The largest absolute Gasteiger partial charge is 0.497 e. The summed E-state index contributed by atoms with van der Waals surface area (Å²) in [6, 6.07) is 17.5. The number of aliphatic carboxylic acids is 1. The van der Waals surface area contributed by atoms with Gasteiger partial charge in [-0.25, -0.2) is 4.79 Å². The number of aryl methyl sites for hydroxylation is 1. The maximum atomic E-state index is 13.5. The van der Waals surface area contributed by atoms with E-state index in [9.17, 15) is 9.59 Å². The van der Waals surface area contributed by atoms with Gasteiger partial charge in [0.25, 0.3) is 0 Å². The van der Waals surface area contributed by atoms with Gasteiger partial charge in [-0.1, -0.05) is 42.5 Å². The Balaban J connectivity index is 1.67. The number of ketones is 1. The molecule has 1 saturated carbocycles. The van der Waals surface area contributed by atoms with Crippen LogP contribution < -0.4 is 10.1 Å². The van der Waals surface area contributed by atoms with Gasteiger partial charge in [0.2, 0.25) is 0 Å². The first kappa shape index (κ1) is 22.0. The first-order valence-electron chi connectivity index (χ1n) is 10.3. The topological polar surface area (TPSA) is 84.9 Å². The van der Waals surface area contributed by atoms with Crippen LogP contribution >= 0.6 is 0 Å². The maximum absolute atomic E-state index is 13.5. The standard InChI is InChI=1S/C24H29NO5/c1-29-20-10-8-19(9-11-20)24(13-14-24)23(28)21(25-15-16-30-17-22(26)27)12-7-18-5-3-2-4-6-18/h2-6,8-11,21,25H,7,12-17H2,1H3,(H,26,27). The van der Waals surface area contributed by atoms with Gasteiger partial charge < -0.3 is 19.9 Å². The Kier molecular flexibility index (Phi) is 7.60. The molecule has 0 aromatic heterocycles. The monoisotopic (exact) mass is 411 g/mol. The molecule has 1 aliphatic carbocycles. The van der Waals surface area contributed by atoms with E-state index in [0.29, 0.717) is 13.0 Å². The zero-order valence-corrected chi connectivity index (χ0v) is 17.3. The minimum atomic E-state index is -0.997. The zero-order valence-electron chi connectivity index (χ0n) is 17.3. The van der Waals surface area contributed by atoms with Crippen LogP contribution in [0.1, 0.15) is 30.4 Å². The summed E-state index contributed by atoms with van der Waals surface area (Å²) in [7, 11) is 1.63. The molecule has 0 radical (unpaired) electrons. The molecule has 0 spiro atoms. The number of carbonyl (C=O) groups excluding carboxylic acids is 1. The number of benzene rings is 2. The Labute approximate surface area is 177 Å². The first-order valence-corrected chi connectivity index (χ1v) is 10.3. The van der Waals surface area contributed by atoms with Crippen molar-refractivity contribution in [3.8, 4) is 5.75 Å².